The summed E-state index contributed by atoms with van der Waals surface area (Å²) in [6, 6.07) is 8.47. The number of carboxylic acid groups (broad SMARTS) is 1. The van der Waals surface area contributed by atoms with E-state index < -0.39 is 23.5 Å². The van der Waals surface area contributed by atoms with Gasteiger partial charge in [-0.15, -0.1) is 0 Å². The van der Waals surface area contributed by atoms with E-state index in [-0.39, 0.29) is 54.9 Å². The Bertz CT molecular complexity index is 1080. The molecule has 0 bridgehead atoms. The predicted molar refractivity (Wildman–Crippen MR) is 115 cm³/mol. The number of nitrogens with zero attached hydrogens (tertiary/aromatic N) is 3. The number of aliphatic carboxylic acids is 1. The van der Waals surface area contributed by atoms with Crippen molar-refractivity contribution >= 4 is 29.0 Å². The molecular weight excluding hydrogens is 422 g/mol. The Kier molecular flexibility index (Phi) is 7.14. The van der Waals surface area contributed by atoms with Crippen LogP contribution in [0.3, 0.4) is 0 Å². The lowest BCUT2D eigenvalue weighted by Crippen LogP contribution is -2.29. The number of benzene rings is 2. The van der Waals surface area contributed by atoms with E-state index >= 15 is 0 Å². The van der Waals surface area contributed by atoms with Gasteiger partial charge >= 0.3 is 5.97 Å². The number of phenolic OH excluding ortho intramolecular Hbond substituents is 1. The Morgan fingerprint density at radius 3 is 2.53 bits per heavy atom. The van der Waals surface area contributed by atoms with Gasteiger partial charge in [0.25, 0.3) is 5.91 Å². The number of halogens is 2. The number of carbonyl (C=O) groups is 2. The first-order valence-corrected chi connectivity index (χ1v) is 9.94. The summed E-state index contributed by atoms with van der Waals surface area (Å²) in [6.07, 6.45) is 0.413. The monoisotopic (exact) mass is 444 g/mol. The highest BCUT2D eigenvalue weighted by atomic mass is 19.1. The minimum absolute atomic E-state index is 0.0403. The number of carboxylic acids is 1. The molecule has 0 aliphatic carbocycles. The SMILES string of the molecule is CC1=NN(CCCC(=O)O)C(=O)/C1=N\Nc1cccc(CCc2c(F)cccc2F)c1O. The quantitative estimate of drug-likeness (QED) is 0.406. The van der Waals surface area contributed by atoms with Gasteiger partial charge < -0.3 is 10.2 Å². The molecule has 1 aliphatic rings. The molecule has 1 aliphatic heterocycles. The number of aromatic hydroxyl groups is 1. The summed E-state index contributed by atoms with van der Waals surface area (Å²) in [6.45, 7) is 1.74. The van der Waals surface area contributed by atoms with Gasteiger partial charge in [0.15, 0.2) is 5.71 Å². The highest BCUT2D eigenvalue weighted by Crippen LogP contribution is 2.29. The summed E-state index contributed by atoms with van der Waals surface area (Å²) in [5, 5.41) is 28.5. The van der Waals surface area contributed by atoms with Gasteiger partial charge in [-0.1, -0.05) is 18.2 Å². The second-order valence-electron chi connectivity index (χ2n) is 7.20. The molecule has 0 unspecified atom stereocenters. The molecule has 2 aromatic carbocycles. The molecule has 3 N–H and O–H groups in total. The van der Waals surface area contributed by atoms with Crippen LogP contribution in [0, 0.1) is 11.6 Å². The zero-order valence-electron chi connectivity index (χ0n) is 17.3. The summed E-state index contributed by atoms with van der Waals surface area (Å²) in [4.78, 5) is 23.1. The summed E-state index contributed by atoms with van der Waals surface area (Å²) in [5.74, 6) is -2.88. The first-order valence-electron chi connectivity index (χ1n) is 9.94. The number of hydrazone groups is 2. The van der Waals surface area contributed by atoms with Gasteiger partial charge in [0.05, 0.1) is 11.4 Å². The Hall–Kier alpha value is -3.82. The number of rotatable bonds is 9. The number of carbonyl (C=O) groups excluding carboxylic acids is 1. The standard InChI is InChI=1S/C22H22F2N4O4/c1-13-20(22(32)28(27-13)12-4-9-19(29)30)26-25-18-8-2-5-14(21(18)31)10-11-15-16(23)6-3-7-17(15)24/h2-3,5-8,25,31H,4,9-12H2,1H3,(H,29,30)/b26-20-. The molecule has 3 rings (SSSR count). The fourth-order valence-electron chi connectivity index (χ4n) is 3.24. The average molecular weight is 444 g/mol. The molecule has 8 nitrogen and oxygen atoms in total. The van der Waals surface area contributed by atoms with E-state index in [0.717, 1.165) is 5.01 Å². The van der Waals surface area contributed by atoms with Crippen LogP contribution in [0.5, 0.6) is 5.75 Å². The smallest absolute Gasteiger partial charge is 0.303 e. The third kappa shape index (κ3) is 5.26. The molecule has 0 saturated carbocycles. The largest absolute Gasteiger partial charge is 0.505 e. The van der Waals surface area contributed by atoms with Crippen molar-refractivity contribution in [3.63, 3.8) is 0 Å². The normalized spacial score (nSPS) is 14.7. The maximum absolute atomic E-state index is 13.8. The van der Waals surface area contributed by atoms with Gasteiger partial charge in [-0.3, -0.25) is 15.0 Å². The van der Waals surface area contributed by atoms with E-state index in [4.69, 9.17) is 5.11 Å². The number of anilines is 1. The van der Waals surface area contributed by atoms with E-state index in [1.54, 1.807) is 25.1 Å². The molecule has 1 amide bonds. The van der Waals surface area contributed by atoms with Gasteiger partial charge in [-0.25, -0.2) is 13.8 Å². The van der Waals surface area contributed by atoms with Crippen molar-refractivity contribution in [1.29, 1.82) is 0 Å². The molecule has 2 aromatic rings. The van der Waals surface area contributed by atoms with Gasteiger partial charge in [-0.05, 0) is 49.9 Å². The van der Waals surface area contributed by atoms with Crippen LogP contribution in [0.2, 0.25) is 0 Å². The van der Waals surface area contributed by atoms with E-state index in [0.29, 0.717) is 11.3 Å². The lowest BCUT2D eigenvalue weighted by Gasteiger charge is -2.11. The molecule has 0 spiro atoms. The van der Waals surface area contributed by atoms with Crippen molar-refractivity contribution in [1.82, 2.24) is 5.01 Å². The Morgan fingerprint density at radius 2 is 1.84 bits per heavy atom. The van der Waals surface area contributed by atoms with Crippen LogP contribution in [-0.4, -0.2) is 45.1 Å². The molecule has 0 atom stereocenters. The highest BCUT2D eigenvalue weighted by Gasteiger charge is 2.29. The third-order valence-electron chi connectivity index (χ3n) is 4.92. The lowest BCUT2D eigenvalue weighted by molar-refractivity contribution is -0.137. The van der Waals surface area contributed by atoms with E-state index in [2.05, 4.69) is 15.6 Å². The van der Waals surface area contributed by atoms with Gasteiger partial charge in [0.2, 0.25) is 0 Å². The molecule has 1 heterocycles. The van der Waals surface area contributed by atoms with Gasteiger partial charge in [-0.2, -0.15) is 10.2 Å². The number of para-hydroxylation sites is 1. The number of phenols is 1. The second-order valence-corrected chi connectivity index (χ2v) is 7.20. The van der Waals surface area contributed by atoms with Crippen LogP contribution >= 0.6 is 0 Å². The van der Waals surface area contributed by atoms with Crippen molar-refractivity contribution in [3.8, 4) is 5.75 Å². The molecule has 32 heavy (non-hydrogen) atoms. The minimum atomic E-state index is -0.957. The van der Waals surface area contributed by atoms with Crippen molar-refractivity contribution in [2.24, 2.45) is 10.2 Å². The third-order valence-corrected chi connectivity index (χ3v) is 4.92. The Labute approximate surface area is 182 Å². The maximum atomic E-state index is 13.8. The summed E-state index contributed by atoms with van der Waals surface area (Å²) in [7, 11) is 0. The highest BCUT2D eigenvalue weighted by molar-refractivity contribution is 6.68. The zero-order chi connectivity index (χ0) is 23.3. The second kappa shape index (κ2) is 9.99. The number of nitrogens with one attached hydrogen (secondary N) is 1. The van der Waals surface area contributed by atoms with Crippen LogP contribution in [0.1, 0.15) is 30.9 Å². The van der Waals surface area contributed by atoms with Crippen molar-refractivity contribution in [2.75, 3.05) is 12.0 Å². The number of amides is 1. The number of hydrogen-bond acceptors (Lipinski definition) is 6. The van der Waals surface area contributed by atoms with Crippen molar-refractivity contribution < 1.29 is 28.6 Å². The molecule has 0 radical (unpaired) electrons. The van der Waals surface area contributed by atoms with E-state index in [9.17, 15) is 23.5 Å². The minimum Gasteiger partial charge on any atom is -0.505 e. The fourth-order valence-corrected chi connectivity index (χ4v) is 3.24. The Balaban J connectivity index is 1.68. The molecule has 168 valence electrons. The lowest BCUT2D eigenvalue weighted by atomic mass is 10.0. The van der Waals surface area contributed by atoms with Crippen molar-refractivity contribution in [3.05, 3.63) is 59.2 Å². The Morgan fingerprint density at radius 1 is 1.16 bits per heavy atom. The topological polar surface area (TPSA) is 115 Å². The van der Waals surface area contributed by atoms with Gasteiger partial charge in [0, 0.05) is 18.5 Å². The van der Waals surface area contributed by atoms with E-state index in [1.165, 1.54) is 18.2 Å². The van der Waals surface area contributed by atoms with Crippen LogP contribution in [0.25, 0.3) is 0 Å². The average Bonchev–Trinajstić information content (AvgIpc) is 3.00. The van der Waals surface area contributed by atoms with Crippen molar-refractivity contribution in [2.45, 2.75) is 32.6 Å². The first-order chi connectivity index (χ1) is 15.3. The number of aryl methyl sites for hydroxylation is 1. The summed E-state index contributed by atoms with van der Waals surface area (Å²) < 4.78 is 27.7. The molecule has 0 saturated heterocycles. The maximum Gasteiger partial charge on any atom is 0.303 e. The first kappa shape index (κ1) is 22.9. The van der Waals surface area contributed by atoms with E-state index in [1.807, 2.05) is 0 Å². The summed E-state index contributed by atoms with van der Waals surface area (Å²) in [5.41, 5.74) is 3.64. The number of hydrogen-bond donors (Lipinski definition) is 3. The molecule has 0 fully saturated rings. The zero-order valence-corrected chi connectivity index (χ0v) is 17.3. The summed E-state index contributed by atoms with van der Waals surface area (Å²) >= 11 is 0. The van der Waals surface area contributed by atoms with Crippen LogP contribution < -0.4 is 5.43 Å². The molecule has 0 aromatic heterocycles. The predicted octanol–water partition coefficient (Wildman–Crippen LogP) is 3.31. The molecular formula is C22H22F2N4O4. The van der Waals surface area contributed by atoms with Crippen LogP contribution in [0.4, 0.5) is 14.5 Å². The van der Waals surface area contributed by atoms with Crippen LogP contribution in [0.15, 0.2) is 46.6 Å². The fraction of sp³-hybridized carbons (Fsp3) is 0.273. The molecule has 10 heteroatoms. The van der Waals surface area contributed by atoms with Gasteiger partial charge in [0.1, 0.15) is 17.4 Å². The van der Waals surface area contributed by atoms with Crippen LogP contribution in [-0.2, 0) is 22.4 Å².